The highest BCUT2D eigenvalue weighted by molar-refractivity contribution is 7.89. The average Bonchev–Trinajstić information content (AvgIpc) is 3.22. The van der Waals surface area contributed by atoms with Crippen LogP contribution in [0.5, 0.6) is 0 Å². The molecule has 198 valence electrons. The number of nitrogens with one attached hydrogen (secondary N) is 1. The van der Waals surface area contributed by atoms with Gasteiger partial charge in [0.15, 0.2) is 6.23 Å². The van der Waals surface area contributed by atoms with Crippen LogP contribution in [0.4, 0.5) is 0 Å². The second-order valence-electron chi connectivity index (χ2n) is 9.25. The van der Waals surface area contributed by atoms with Gasteiger partial charge in [-0.25, -0.2) is 8.42 Å². The van der Waals surface area contributed by atoms with E-state index in [4.69, 9.17) is 16.3 Å². The third-order valence-corrected chi connectivity index (χ3v) is 8.41. The third-order valence-electron chi connectivity index (χ3n) is 6.43. The molecule has 0 aromatic heterocycles. The molecule has 1 saturated heterocycles. The van der Waals surface area contributed by atoms with Crippen LogP contribution in [0.2, 0.25) is 5.02 Å². The number of amides is 2. The van der Waals surface area contributed by atoms with E-state index in [2.05, 4.69) is 5.32 Å². The van der Waals surface area contributed by atoms with Crippen LogP contribution in [0, 0.1) is 6.92 Å². The minimum Gasteiger partial charge on any atom is -0.317 e. The van der Waals surface area contributed by atoms with Crippen LogP contribution in [0.1, 0.15) is 33.3 Å². The molecule has 0 radical (unpaired) electrons. The Kier molecular flexibility index (Phi) is 7.27. The Labute approximate surface area is 232 Å². The number of halogens is 1. The molecule has 9 heteroatoms. The molecule has 0 spiro atoms. The van der Waals surface area contributed by atoms with Crippen molar-refractivity contribution in [3.8, 4) is 0 Å². The highest BCUT2D eigenvalue weighted by Crippen LogP contribution is 2.42. The van der Waals surface area contributed by atoms with Gasteiger partial charge in [-0.1, -0.05) is 96.0 Å². The van der Waals surface area contributed by atoms with Crippen molar-refractivity contribution < 1.29 is 22.7 Å². The van der Waals surface area contributed by atoms with Crippen molar-refractivity contribution in [3.63, 3.8) is 0 Å². The Morgan fingerprint density at radius 3 is 2.21 bits per heavy atom. The standard InChI is InChI=1S/C30H25ClN2O5S/c1-21-15-17-26(18-16-21)39(36,37)33-28(23-11-6-3-7-12-23)38-30(29(33)35,20-22-9-4-2-5-10-22)32-27(34)24-13-8-14-25(31)19-24/h2-19,28H,20H2,1H3,(H,32,34)/t28-,30-/m0/s1. The van der Waals surface area contributed by atoms with Crippen molar-refractivity contribution in [2.45, 2.75) is 30.2 Å². The van der Waals surface area contributed by atoms with Crippen LogP contribution in [0.3, 0.4) is 0 Å². The molecule has 0 unspecified atom stereocenters. The molecule has 7 nitrogen and oxygen atoms in total. The van der Waals surface area contributed by atoms with Gasteiger partial charge in [0, 0.05) is 22.6 Å². The number of hydrogen-bond donors (Lipinski definition) is 1. The maximum atomic E-state index is 14.3. The largest absolute Gasteiger partial charge is 0.317 e. The Morgan fingerprint density at radius 2 is 1.56 bits per heavy atom. The van der Waals surface area contributed by atoms with E-state index < -0.39 is 33.8 Å². The molecule has 4 aromatic rings. The maximum absolute atomic E-state index is 14.3. The Bertz CT molecular complexity index is 1610. The molecule has 1 aliphatic rings. The van der Waals surface area contributed by atoms with E-state index in [1.54, 1.807) is 84.9 Å². The van der Waals surface area contributed by atoms with E-state index in [1.165, 1.54) is 18.2 Å². The monoisotopic (exact) mass is 560 g/mol. The van der Waals surface area contributed by atoms with Gasteiger partial charge in [0.25, 0.3) is 21.8 Å². The maximum Gasteiger partial charge on any atom is 0.292 e. The summed E-state index contributed by atoms with van der Waals surface area (Å²) in [6.07, 6.45) is -1.43. The summed E-state index contributed by atoms with van der Waals surface area (Å²) in [5, 5.41) is 3.06. The van der Waals surface area contributed by atoms with Gasteiger partial charge >= 0.3 is 0 Å². The summed E-state index contributed by atoms with van der Waals surface area (Å²) < 4.78 is 35.0. The predicted molar refractivity (Wildman–Crippen MR) is 147 cm³/mol. The summed E-state index contributed by atoms with van der Waals surface area (Å²) in [4.78, 5) is 27.7. The summed E-state index contributed by atoms with van der Waals surface area (Å²) >= 11 is 6.10. The van der Waals surface area contributed by atoms with Gasteiger partial charge in [-0.3, -0.25) is 9.59 Å². The minimum atomic E-state index is -4.39. The number of rotatable bonds is 7. The fourth-order valence-electron chi connectivity index (χ4n) is 4.47. The Hall–Kier alpha value is -3.98. The first-order valence-corrected chi connectivity index (χ1v) is 14.0. The van der Waals surface area contributed by atoms with Crippen LogP contribution in [0.25, 0.3) is 0 Å². The van der Waals surface area contributed by atoms with E-state index in [1.807, 2.05) is 13.0 Å². The van der Waals surface area contributed by atoms with Crippen molar-refractivity contribution in [1.29, 1.82) is 0 Å². The Balaban J connectivity index is 1.65. The molecule has 1 aliphatic heterocycles. The molecule has 0 saturated carbocycles. The lowest BCUT2D eigenvalue weighted by Gasteiger charge is -2.27. The van der Waals surface area contributed by atoms with E-state index in [-0.39, 0.29) is 16.9 Å². The molecular formula is C30H25ClN2O5S. The summed E-state index contributed by atoms with van der Waals surface area (Å²) in [7, 11) is -4.39. The van der Waals surface area contributed by atoms with Crippen LogP contribution in [-0.2, 0) is 26.0 Å². The number of hydrogen-bond acceptors (Lipinski definition) is 5. The molecule has 1 heterocycles. The molecule has 0 bridgehead atoms. The topological polar surface area (TPSA) is 92.8 Å². The highest BCUT2D eigenvalue weighted by Gasteiger charge is 2.58. The highest BCUT2D eigenvalue weighted by atomic mass is 35.5. The fraction of sp³-hybridized carbons (Fsp3) is 0.133. The Morgan fingerprint density at radius 1 is 0.923 bits per heavy atom. The van der Waals surface area contributed by atoms with E-state index in [0.717, 1.165) is 9.87 Å². The first-order chi connectivity index (χ1) is 18.7. The van der Waals surface area contributed by atoms with Gasteiger partial charge in [0.05, 0.1) is 4.90 Å². The van der Waals surface area contributed by atoms with Gasteiger partial charge in [-0.15, -0.1) is 0 Å². The van der Waals surface area contributed by atoms with E-state index in [9.17, 15) is 18.0 Å². The molecule has 2 atom stereocenters. The first-order valence-electron chi connectivity index (χ1n) is 12.2. The van der Waals surface area contributed by atoms with Crippen molar-refractivity contribution in [2.24, 2.45) is 0 Å². The summed E-state index contributed by atoms with van der Waals surface area (Å²) in [5.41, 5.74) is 0.137. The molecule has 39 heavy (non-hydrogen) atoms. The van der Waals surface area contributed by atoms with Gasteiger partial charge in [-0.2, -0.15) is 4.31 Å². The SMILES string of the molecule is Cc1ccc(S(=O)(=O)N2C(=O)[C@@](Cc3ccccc3)(NC(=O)c3cccc(Cl)c3)O[C@H]2c2ccccc2)cc1. The van der Waals surface area contributed by atoms with E-state index >= 15 is 0 Å². The molecule has 5 rings (SSSR count). The number of carbonyl (C=O) groups is 2. The lowest BCUT2D eigenvalue weighted by atomic mass is 10.0. The molecular weight excluding hydrogens is 536 g/mol. The fourth-order valence-corrected chi connectivity index (χ4v) is 6.15. The van der Waals surface area contributed by atoms with Crippen LogP contribution < -0.4 is 5.32 Å². The summed E-state index contributed by atoms with van der Waals surface area (Å²) in [6.45, 7) is 1.84. The molecule has 1 N–H and O–H groups in total. The molecule has 2 amide bonds. The summed E-state index contributed by atoms with van der Waals surface area (Å²) in [6, 6.07) is 30.0. The summed E-state index contributed by atoms with van der Waals surface area (Å²) in [5.74, 6) is -1.54. The van der Waals surface area contributed by atoms with Gasteiger partial charge < -0.3 is 10.1 Å². The molecule has 0 aliphatic carbocycles. The lowest BCUT2D eigenvalue weighted by molar-refractivity contribution is -0.138. The van der Waals surface area contributed by atoms with Crippen LogP contribution >= 0.6 is 11.6 Å². The quantitative estimate of drug-likeness (QED) is 0.333. The number of carbonyl (C=O) groups excluding carboxylic acids is 2. The van der Waals surface area contributed by atoms with Crippen molar-refractivity contribution in [1.82, 2.24) is 9.62 Å². The number of nitrogens with zero attached hydrogens (tertiary/aromatic N) is 1. The second-order valence-corrected chi connectivity index (χ2v) is 11.5. The van der Waals surface area contributed by atoms with Crippen LogP contribution in [-0.4, -0.2) is 30.3 Å². The van der Waals surface area contributed by atoms with Crippen LogP contribution in [0.15, 0.2) is 114 Å². The third kappa shape index (κ3) is 5.31. The van der Waals surface area contributed by atoms with Crippen molar-refractivity contribution >= 4 is 33.4 Å². The lowest BCUT2D eigenvalue weighted by Crippen LogP contribution is -2.57. The smallest absolute Gasteiger partial charge is 0.292 e. The zero-order chi connectivity index (χ0) is 27.6. The number of sulfonamides is 1. The number of ether oxygens (including phenoxy) is 1. The van der Waals surface area contributed by atoms with E-state index in [0.29, 0.717) is 16.1 Å². The molecule has 1 fully saturated rings. The van der Waals surface area contributed by atoms with Crippen molar-refractivity contribution in [3.05, 3.63) is 136 Å². The normalized spacial score (nSPS) is 19.2. The zero-order valence-corrected chi connectivity index (χ0v) is 22.5. The van der Waals surface area contributed by atoms with Gasteiger partial charge in [-0.05, 0) is 42.8 Å². The van der Waals surface area contributed by atoms with Crippen molar-refractivity contribution in [2.75, 3.05) is 0 Å². The minimum absolute atomic E-state index is 0.0670. The van der Waals surface area contributed by atoms with Gasteiger partial charge in [0.2, 0.25) is 5.72 Å². The van der Waals surface area contributed by atoms with Gasteiger partial charge in [0.1, 0.15) is 0 Å². The second kappa shape index (κ2) is 10.6. The predicted octanol–water partition coefficient (Wildman–Crippen LogP) is 5.26. The number of benzene rings is 4. The number of aryl methyl sites for hydroxylation is 1. The first kappa shape index (κ1) is 26.6. The molecule has 4 aromatic carbocycles. The average molecular weight is 561 g/mol. The zero-order valence-electron chi connectivity index (χ0n) is 21.0.